The Balaban J connectivity index is 1.52. The number of thiophene rings is 1. The first-order valence-electron chi connectivity index (χ1n) is 9.02. The Morgan fingerprint density at radius 2 is 2.04 bits per heavy atom. The highest BCUT2D eigenvalue weighted by atomic mass is 32.1. The van der Waals surface area contributed by atoms with Crippen molar-refractivity contribution in [1.29, 1.82) is 0 Å². The summed E-state index contributed by atoms with van der Waals surface area (Å²) in [7, 11) is 0. The van der Waals surface area contributed by atoms with Gasteiger partial charge in [0.05, 0.1) is 0 Å². The van der Waals surface area contributed by atoms with Crippen LogP contribution in [0.5, 0.6) is 0 Å². The summed E-state index contributed by atoms with van der Waals surface area (Å²) < 4.78 is 13.8. The van der Waals surface area contributed by atoms with Crippen molar-refractivity contribution in [2.45, 2.75) is 12.8 Å². The molecular weight excluding hydrogens is 389 g/mol. The number of halogens is 1. The minimum absolute atomic E-state index is 0.158. The van der Waals surface area contributed by atoms with Gasteiger partial charge in [0, 0.05) is 40.1 Å². The minimum atomic E-state index is -0.247. The molecule has 142 valence electrons. The van der Waals surface area contributed by atoms with Crippen LogP contribution in [0.3, 0.4) is 0 Å². The third-order valence-corrected chi connectivity index (χ3v) is 6.01. The Hall–Kier alpha value is -2.70. The molecule has 0 aliphatic heterocycles. The fourth-order valence-electron chi connectivity index (χ4n) is 3.28. The van der Waals surface area contributed by atoms with E-state index in [1.165, 1.54) is 21.9 Å². The molecule has 0 saturated heterocycles. The molecule has 0 aliphatic rings. The van der Waals surface area contributed by atoms with Gasteiger partial charge in [0.1, 0.15) is 5.82 Å². The number of fused-ring (bicyclic) bond motifs is 1. The van der Waals surface area contributed by atoms with Crippen molar-refractivity contribution in [1.82, 2.24) is 10.3 Å². The molecule has 1 atom stereocenters. The molecule has 28 heavy (non-hydrogen) atoms. The average molecular weight is 410 g/mol. The second-order valence-corrected chi connectivity index (χ2v) is 8.04. The SMILES string of the molecule is Cc1ccc(NC(=S)NC[C@@H](c2cccs2)c2c[nH]c3ccccc23)cc1F. The largest absolute Gasteiger partial charge is 0.361 e. The summed E-state index contributed by atoms with van der Waals surface area (Å²) in [6, 6.07) is 17.5. The van der Waals surface area contributed by atoms with Gasteiger partial charge in [0.2, 0.25) is 0 Å². The molecule has 0 saturated carbocycles. The lowest BCUT2D eigenvalue weighted by Crippen LogP contribution is -2.32. The Morgan fingerprint density at radius 1 is 1.18 bits per heavy atom. The van der Waals surface area contributed by atoms with Crippen LogP contribution in [0.4, 0.5) is 10.1 Å². The number of nitrogens with one attached hydrogen (secondary N) is 3. The lowest BCUT2D eigenvalue weighted by atomic mass is 9.97. The number of H-pyrrole nitrogens is 1. The number of hydrogen-bond donors (Lipinski definition) is 3. The molecule has 0 amide bonds. The molecule has 2 aromatic carbocycles. The van der Waals surface area contributed by atoms with Gasteiger partial charge in [0.25, 0.3) is 0 Å². The monoisotopic (exact) mass is 409 g/mol. The Bertz CT molecular complexity index is 1100. The van der Waals surface area contributed by atoms with Crippen molar-refractivity contribution in [3.05, 3.63) is 88.0 Å². The van der Waals surface area contributed by atoms with E-state index in [4.69, 9.17) is 12.2 Å². The molecule has 0 aliphatic carbocycles. The summed E-state index contributed by atoms with van der Waals surface area (Å²) >= 11 is 7.17. The molecule has 0 spiro atoms. The molecule has 4 rings (SSSR count). The normalized spacial score (nSPS) is 12.1. The van der Waals surface area contributed by atoms with Crippen molar-refractivity contribution >= 4 is 45.3 Å². The van der Waals surface area contributed by atoms with E-state index >= 15 is 0 Å². The van der Waals surface area contributed by atoms with Crippen LogP contribution in [-0.4, -0.2) is 16.6 Å². The number of para-hydroxylation sites is 1. The third kappa shape index (κ3) is 3.93. The number of aryl methyl sites for hydroxylation is 1. The van der Waals surface area contributed by atoms with Crippen LogP contribution >= 0.6 is 23.6 Å². The summed E-state index contributed by atoms with van der Waals surface area (Å²) in [4.78, 5) is 4.62. The van der Waals surface area contributed by atoms with E-state index in [1.54, 1.807) is 24.3 Å². The predicted octanol–water partition coefficient (Wildman–Crippen LogP) is 5.80. The van der Waals surface area contributed by atoms with Crippen LogP contribution in [0.15, 0.2) is 66.2 Å². The van der Waals surface area contributed by atoms with Crippen molar-refractivity contribution in [2.75, 3.05) is 11.9 Å². The maximum atomic E-state index is 13.8. The van der Waals surface area contributed by atoms with E-state index in [2.05, 4.69) is 57.5 Å². The zero-order valence-corrected chi connectivity index (χ0v) is 17.0. The summed E-state index contributed by atoms with van der Waals surface area (Å²) in [6.07, 6.45) is 2.07. The second kappa shape index (κ2) is 8.12. The maximum absolute atomic E-state index is 13.8. The summed E-state index contributed by atoms with van der Waals surface area (Å²) in [5.41, 5.74) is 3.60. The first-order valence-corrected chi connectivity index (χ1v) is 10.3. The maximum Gasteiger partial charge on any atom is 0.170 e. The smallest absolute Gasteiger partial charge is 0.170 e. The van der Waals surface area contributed by atoms with Crippen LogP contribution in [0.1, 0.15) is 21.9 Å². The summed E-state index contributed by atoms with van der Waals surface area (Å²) in [6.45, 7) is 2.38. The number of aromatic nitrogens is 1. The van der Waals surface area contributed by atoms with E-state index in [0.717, 1.165) is 5.52 Å². The number of rotatable bonds is 5. The fraction of sp³-hybridized carbons (Fsp3) is 0.136. The van der Waals surface area contributed by atoms with Crippen LogP contribution in [-0.2, 0) is 0 Å². The molecule has 2 aromatic heterocycles. The van der Waals surface area contributed by atoms with Gasteiger partial charge < -0.3 is 15.6 Å². The van der Waals surface area contributed by atoms with Crippen LogP contribution < -0.4 is 10.6 Å². The fourth-order valence-corrected chi connectivity index (χ4v) is 4.32. The number of thiocarbonyl (C=S) groups is 1. The number of aromatic amines is 1. The first kappa shape index (κ1) is 18.7. The van der Waals surface area contributed by atoms with Gasteiger partial charge in [-0.05, 0) is 59.9 Å². The van der Waals surface area contributed by atoms with E-state index in [9.17, 15) is 4.39 Å². The summed E-state index contributed by atoms with van der Waals surface area (Å²) in [5.74, 6) is -0.0892. The number of benzene rings is 2. The quantitative estimate of drug-likeness (QED) is 0.365. The Labute approximate surface area is 172 Å². The molecule has 2 heterocycles. The topological polar surface area (TPSA) is 39.8 Å². The Morgan fingerprint density at radius 3 is 2.82 bits per heavy atom. The van der Waals surface area contributed by atoms with Crippen molar-refractivity contribution in [3.8, 4) is 0 Å². The van der Waals surface area contributed by atoms with Gasteiger partial charge in [-0.15, -0.1) is 11.3 Å². The van der Waals surface area contributed by atoms with Gasteiger partial charge >= 0.3 is 0 Å². The van der Waals surface area contributed by atoms with E-state index < -0.39 is 0 Å². The van der Waals surface area contributed by atoms with Gasteiger partial charge in [-0.2, -0.15) is 0 Å². The lowest BCUT2D eigenvalue weighted by molar-refractivity contribution is 0.619. The highest BCUT2D eigenvalue weighted by Crippen LogP contribution is 2.32. The molecule has 0 radical (unpaired) electrons. The lowest BCUT2D eigenvalue weighted by Gasteiger charge is -2.18. The number of anilines is 1. The molecule has 3 nitrogen and oxygen atoms in total. The van der Waals surface area contributed by atoms with Crippen molar-refractivity contribution in [3.63, 3.8) is 0 Å². The first-order chi connectivity index (χ1) is 13.6. The highest BCUT2D eigenvalue weighted by molar-refractivity contribution is 7.80. The van der Waals surface area contributed by atoms with Crippen LogP contribution in [0, 0.1) is 12.7 Å². The predicted molar refractivity (Wildman–Crippen MR) is 120 cm³/mol. The molecule has 0 bridgehead atoms. The zero-order valence-electron chi connectivity index (χ0n) is 15.3. The third-order valence-electron chi connectivity index (χ3n) is 4.78. The molecule has 6 heteroatoms. The van der Waals surface area contributed by atoms with Crippen LogP contribution in [0.2, 0.25) is 0 Å². The molecular formula is C22H20FN3S2. The van der Waals surface area contributed by atoms with Crippen molar-refractivity contribution in [2.24, 2.45) is 0 Å². The van der Waals surface area contributed by atoms with Gasteiger partial charge in [-0.3, -0.25) is 0 Å². The highest BCUT2D eigenvalue weighted by Gasteiger charge is 2.19. The van der Waals surface area contributed by atoms with Gasteiger partial charge in [-0.1, -0.05) is 30.3 Å². The number of hydrogen-bond acceptors (Lipinski definition) is 2. The second-order valence-electron chi connectivity index (χ2n) is 6.66. The standard InChI is InChI=1S/C22H20FN3S2/c1-14-8-9-15(11-19(14)23)26-22(27)25-13-18(21-7-4-10-28-21)17-12-24-20-6-3-2-5-16(17)20/h2-12,18,24H,13H2,1H3,(H2,25,26,27)/t18-/m1/s1. The minimum Gasteiger partial charge on any atom is -0.361 e. The van der Waals surface area contributed by atoms with E-state index in [0.29, 0.717) is 22.9 Å². The van der Waals surface area contributed by atoms with Crippen molar-refractivity contribution < 1.29 is 4.39 Å². The van der Waals surface area contributed by atoms with E-state index in [-0.39, 0.29) is 11.7 Å². The van der Waals surface area contributed by atoms with Gasteiger partial charge in [-0.25, -0.2) is 4.39 Å². The molecule has 3 N–H and O–H groups in total. The zero-order chi connectivity index (χ0) is 19.5. The van der Waals surface area contributed by atoms with Gasteiger partial charge in [0.15, 0.2) is 5.11 Å². The molecule has 0 unspecified atom stereocenters. The Kier molecular flexibility index (Phi) is 5.41. The van der Waals surface area contributed by atoms with E-state index in [1.807, 2.05) is 12.1 Å². The molecule has 0 fully saturated rings. The average Bonchev–Trinajstić information content (AvgIpc) is 3.36. The molecule has 4 aromatic rings. The van der Waals surface area contributed by atoms with Crippen LogP contribution in [0.25, 0.3) is 10.9 Å². The summed E-state index contributed by atoms with van der Waals surface area (Å²) in [5, 5.41) is 10.1.